The van der Waals surface area contributed by atoms with Crippen LogP contribution in [0.15, 0.2) is 103 Å². The van der Waals surface area contributed by atoms with Crippen molar-refractivity contribution in [3.8, 4) is 17.2 Å². The summed E-state index contributed by atoms with van der Waals surface area (Å²) < 4.78 is 16.3. The first-order valence-corrected chi connectivity index (χ1v) is 12.3. The van der Waals surface area contributed by atoms with E-state index in [1.165, 1.54) is 0 Å². The third-order valence-electron chi connectivity index (χ3n) is 6.34. The van der Waals surface area contributed by atoms with E-state index in [2.05, 4.69) is 5.32 Å². The molecule has 1 aliphatic rings. The SMILES string of the molecule is COc1ccc(NC(=O)C(c2ccc3c(c2)OCO3)N(Cc2ccccc2)C(=O)Cc2ccccc2)cc1. The summed E-state index contributed by atoms with van der Waals surface area (Å²) in [6, 6.07) is 30.7. The van der Waals surface area contributed by atoms with Crippen LogP contribution in [0.3, 0.4) is 0 Å². The summed E-state index contributed by atoms with van der Waals surface area (Å²) in [4.78, 5) is 29.5. The number of amides is 2. The Morgan fingerprint density at radius 2 is 1.50 bits per heavy atom. The Hall–Kier alpha value is -4.78. The molecule has 0 spiro atoms. The van der Waals surface area contributed by atoms with E-state index >= 15 is 0 Å². The molecule has 1 unspecified atom stereocenters. The molecule has 192 valence electrons. The van der Waals surface area contributed by atoms with Crippen LogP contribution in [0.25, 0.3) is 0 Å². The van der Waals surface area contributed by atoms with Crippen LogP contribution >= 0.6 is 0 Å². The molecule has 0 saturated carbocycles. The zero-order valence-electron chi connectivity index (χ0n) is 21.0. The van der Waals surface area contributed by atoms with Crippen LogP contribution < -0.4 is 19.5 Å². The number of nitrogens with zero attached hydrogens (tertiary/aromatic N) is 1. The van der Waals surface area contributed by atoms with Crippen molar-refractivity contribution in [2.45, 2.75) is 19.0 Å². The molecule has 1 atom stereocenters. The Kier molecular flexibility index (Phi) is 7.54. The van der Waals surface area contributed by atoms with Crippen LogP contribution in [-0.2, 0) is 22.6 Å². The van der Waals surface area contributed by atoms with Gasteiger partial charge in [-0.1, -0.05) is 66.7 Å². The summed E-state index contributed by atoms with van der Waals surface area (Å²) in [7, 11) is 1.59. The van der Waals surface area contributed by atoms with Gasteiger partial charge in [0, 0.05) is 12.2 Å². The van der Waals surface area contributed by atoms with E-state index in [0.717, 1.165) is 11.1 Å². The van der Waals surface area contributed by atoms with Crippen LogP contribution in [0.4, 0.5) is 5.69 Å². The molecule has 0 fully saturated rings. The maximum absolute atomic E-state index is 13.9. The maximum Gasteiger partial charge on any atom is 0.251 e. The van der Waals surface area contributed by atoms with Crippen LogP contribution in [0, 0.1) is 0 Å². The van der Waals surface area contributed by atoms with Gasteiger partial charge in [0.2, 0.25) is 12.7 Å². The monoisotopic (exact) mass is 508 g/mol. The first-order valence-electron chi connectivity index (χ1n) is 12.3. The highest BCUT2D eigenvalue weighted by Crippen LogP contribution is 2.36. The molecule has 0 bridgehead atoms. The van der Waals surface area contributed by atoms with Crippen LogP contribution in [-0.4, -0.2) is 30.6 Å². The van der Waals surface area contributed by atoms with Gasteiger partial charge < -0.3 is 24.4 Å². The van der Waals surface area contributed by atoms with E-state index in [1.54, 1.807) is 54.5 Å². The minimum atomic E-state index is -0.928. The molecule has 0 aromatic heterocycles. The van der Waals surface area contributed by atoms with Gasteiger partial charge in [-0.05, 0) is 53.1 Å². The average molecular weight is 509 g/mol. The quantitative estimate of drug-likeness (QED) is 0.329. The standard InChI is InChI=1S/C31H28N2O5/c1-36-26-15-13-25(14-16-26)32-31(35)30(24-12-17-27-28(19-24)38-21-37-27)33(20-23-10-6-3-7-11-23)29(34)18-22-8-4-2-5-9-22/h2-17,19,30H,18,20-21H2,1H3,(H,32,35). The van der Waals surface area contributed by atoms with Gasteiger partial charge in [-0.2, -0.15) is 0 Å². The number of methoxy groups -OCH3 is 1. The molecule has 0 aliphatic carbocycles. The molecule has 4 aromatic rings. The van der Waals surface area contributed by atoms with Gasteiger partial charge >= 0.3 is 0 Å². The van der Waals surface area contributed by atoms with E-state index in [4.69, 9.17) is 14.2 Å². The highest BCUT2D eigenvalue weighted by Gasteiger charge is 2.33. The molecule has 38 heavy (non-hydrogen) atoms. The van der Waals surface area contributed by atoms with Crippen LogP contribution in [0.2, 0.25) is 0 Å². The predicted molar refractivity (Wildman–Crippen MR) is 144 cm³/mol. The Bertz CT molecular complexity index is 1390. The lowest BCUT2D eigenvalue weighted by Gasteiger charge is -2.32. The van der Waals surface area contributed by atoms with Crippen molar-refractivity contribution in [2.24, 2.45) is 0 Å². The zero-order chi connectivity index (χ0) is 26.3. The minimum absolute atomic E-state index is 0.113. The second-order valence-electron chi connectivity index (χ2n) is 8.90. The highest BCUT2D eigenvalue weighted by molar-refractivity contribution is 5.98. The number of fused-ring (bicyclic) bond motifs is 1. The lowest BCUT2D eigenvalue weighted by Crippen LogP contribution is -2.41. The lowest BCUT2D eigenvalue weighted by atomic mass is 10.0. The highest BCUT2D eigenvalue weighted by atomic mass is 16.7. The first kappa shape index (κ1) is 24.9. The van der Waals surface area contributed by atoms with Gasteiger partial charge in [0.05, 0.1) is 13.5 Å². The van der Waals surface area contributed by atoms with Crippen molar-refractivity contribution in [2.75, 3.05) is 19.2 Å². The molecule has 1 N–H and O–H groups in total. The van der Waals surface area contributed by atoms with Gasteiger partial charge in [-0.25, -0.2) is 0 Å². The van der Waals surface area contributed by atoms with E-state index < -0.39 is 6.04 Å². The second-order valence-corrected chi connectivity index (χ2v) is 8.90. The number of anilines is 1. The number of carbonyl (C=O) groups excluding carboxylic acids is 2. The number of benzene rings is 4. The minimum Gasteiger partial charge on any atom is -0.497 e. The van der Waals surface area contributed by atoms with Crippen molar-refractivity contribution in [3.05, 3.63) is 120 Å². The summed E-state index contributed by atoms with van der Waals surface area (Å²) in [5.41, 5.74) is 3.00. The maximum atomic E-state index is 13.9. The molecule has 1 heterocycles. The second kappa shape index (κ2) is 11.5. The number of carbonyl (C=O) groups is 2. The van der Waals surface area contributed by atoms with Crippen molar-refractivity contribution in [1.29, 1.82) is 0 Å². The molecule has 7 nitrogen and oxygen atoms in total. The van der Waals surface area contributed by atoms with Crippen molar-refractivity contribution < 1.29 is 23.8 Å². The zero-order valence-corrected chi connectivity index (χ0v) is 21.0. The fourth-order valence-electron chi connectivity index (χ4n) is 4.42. The predicted octanol–water partition coefficient (Wildman–Crippen LogP) is 5.38. The normalized spacial score (nSPS) is 12.4. The van der Waals surface area contributed by atoms with Crippen molar-refractivity contribution >= 4 is 17.5 Å². The number of hydrogen-bond donors (Lipinski definition) is 1. The smallest absolute Gasteiger partial charge is 0.251 e. The molecule has 0 saturated heterocycles. The first-order chi connectivity index (χ1) is 18.6. The van der Waals surface area contributed by atoms with Crippen molar-refractivity contribution in [3.63, 3.8) is 0 Å². The summed E-state index contributed by atoms with van der Waals surface area (Å²) in [6.07, 6.45) is 0.157. The number of nitrogens with one attached hydrogen (secondary N) is 1. The topological polar surface area (TPSA) is 77.1 Å². The van der Waals surface area contributed by atoms with E-state index in [1.807, 2.05) is 60.7 Å². The van der Waals surface area contributed by atoms with Gasteiger partial charge in [0.15, 0.2) is 11.5 Å². The molecular weight excluding hydrogens is 480 g/mol. The van der Waals surface area contributed by atoms with Gasteiger partial charge in [-0.3, -0.25) is 9.59 Å². The Morgan fingerprint density at radius 3 is 2.18 bits per heavy atom. The third kappa shape index (κ3) is 5.78. The summed E-state index contributed by atoms with van der Waals surface area (Å²) in [6.45, 7) is 0.365. The summed E-state index contributed by atoms with van der Waals surface area (Å²) >= 11 is 0. The number of rotatable bonds is 9. The van der Waals surface area contributed by atoms with E-state index in [0.29, 0.717) is 28.5 Å². The third-order valence-corrected chi connectivity index (χ3v) is 6.34. The molecule has 0 radical (unpaired) electrons. The van der Waals surface area contributed by atoms with E-state index in [9.17, 15) is 9.59 Å². The molecule has 5 rings (SSSR count). The van der Waals surface area contributed by atoms with Crippen LogP contribution in [0.5, 0.6) is 17.2 Å². The van der Waals surface area contributed by atoms with Crippen molar-refractivity contribution in [1.82, 2.24) is 4.90 Å². The molecule has 7 heteroatoms. The Balaban J connectivity index is 1.53. The molecular formula is C31H28N2O5. The molecule has 2 amide bonds. The largest absolute Gasteiger partial charge is 0.497 e. The van der Waals surface area contributed by atoms with Gasteiger partial charge in [0.25, 0.3) is 5.91 Å². The Labute approximate surface area is 221 Å². The van der Waals surface area contributed by atoms with Gasteiger partial charge in [0.1, 0.15) is 11.8 Å². The number of hydrogen-bond acceptors (Lipinski definition) is 5. The van der Waals surface area contributed by atoms with Crippen LogP contribution in [0.1, 0.15) is 22.7 Å². The molecule has 1 aliphatic heterocycles. The fourth-order valence-corrected chi connectivity index (χ4v) is 4.42. The fraction of sp³-hybridized carbons (Fsp3) is 0.161. The average Bonchev–Trinajstić information content (AvgIpc) is 3.42. The molecule has 4 aromatic carbocycles. The lowest BCUT2D eigenvalue weighted by molar-refractivity contribution is -0.139. The van der Waals surface area contributed by atoms with Gasteiger partial charge in [-0.15, -0.1) is 0 Å². The number of ether oxygens (including phenoxy) is 3. The van der Waals surface area contributed by atoms with E-state index in [-0.39, 0.29) is 31.6 Å². The summed E-state index contributed by atoms with van der Waals surface area (Å²) in [5, 5.41) is 2.98. The summed E-state index contributed by atoms with van der Waals surface area (Å²) in [5.74, 6) is 1.31. The Morgan fingerprint density at radius 1 is 0.842 bits per heavy atom.